The van der Waals surface area contributed by atoms with E-state index in [1.165, 1.54) is 6.07 Å². The number of aromatic nitrogens is 1. The molecule has 1 aromatic carbocycles. The van der Waals surface area contributed by atoms with Gasteiger partial charge >= 0.3 is 0 Å². The summed E-state index contributed by atoms with van der Waals surface area (Å²) >= 11 is 2.07. The zero-order valence-corrected chi connectivity index (χ0v) is 15.1. The van der Waals surface area contributed by atoms with Gasteiger partial charge in [-0.3, -0.25) is 15.2 Å². The first-order valence-corrected chi connectivity index (χ1v) is 8.72. The van der Waals surface area contributed by atoms with Crippen molar-refractivity contribution in [3.63, 3.8) is 0 Å². The molecule has 2 heterocycles. The van der Waals surface area contributed by atoms with Gasteiger partial charge in [-0.05, 0) is 51.9 Å². The summed E-state index contributed by atoms with van der Waals surface area (Å²) in [4.78, 5) is 16.6. The first kappa shape index (κ1) is 17.2. The maximum absolute atomic E-state index is 14.1. The first-order valence-electron chi connectivity index (χ1n) is 7.64. The van der Waals surface area contributed by atoms with Crippen molar-refractivity contribution in [3.05, 3.63) is 62.7 Å². The molecule has 0 bridgehead atoms. The molecule has 0 spiro atoms. The molecule has 1 aliphatic rings. The quantitative estimate of drug-likeness (QED) is 0.741. The number of hydrazine groups is 1. The van der Waals surface area contributed by atoms with Crippen LogP contribution in [0.5, 0.6) is 0 Å². The molecule has 2 aromatic rings. The summed E-state index contributed by atoms with van der Waals surface area (Å²) in [6.07, 6.45) is 3.51. The van der Waals surface area contributed by atoms with E-state index in [-0.39, 0.29) is 11.7 Å². The number of nitrogens with one attached hydrogen (secondary N) is 1. The van der Waals surface area contributed by atoms with Gasteiger partial charge in [0.2, 0.25) is 0 Å². The SMILES string of the molecule is O=C(NN1CCOCC1)c1ccncc1Cc1ccc(I)cc1F. The van der Waals surface area contributed by atoms with Gasteiger partial charge in [-0.25, -0.2) is 9.40 Å². The monoisotopic (exact) mass is 441 g/mol. The summed E-state index contributed by atoms with van der Waals surface area (Å²) in [5, 5.41) is 1.83. The van der Waals surface area contributed by atoms with E-state index in [4.69, 9.17) is 4.74 Å². The number of nitrogens with zero attached hydrogens (tertiary/aromatic N) is 2. The minimum Gasteiger partial charge on any atom is -0.379 e. The maximum atomic E-state index is 14.1. The molecule has 0 radical (unpaired) electrons. The molecule has 0 unspecified atom stereocenters. The van der Waals surface area contributed by atoms with Crippen LogP contribution in [0.2, 0.25) is 0 Å². The number of pyridine rings is 1. The number of morpholine rings is 1. The summed E-state index contributed by atoms with van der Waals surface area (Å²) in [5.74, 6) is -0.481. The molecule has 3 rings (SSSR count). The molecule has 1 saturated heterocycles. The summed E-state index contributed by atoms with van der Waals surface area (Å²) in [6.45, 7) is 2.49. The van der Waals surface area contributed by atoms with E-state index in [1.807, 2.05) is 11.1 Å². The average Bonchev–Trinajstić information content (AvgIpc) is 2.59. The Labute approximate surface area is 153 Å². The Balaban J connectivity index is 1.78. The third kappa shape index (κ3) is 4.28. The molecule has 7 heteroatoms. The van der Waals surface area contributed by atoms with Crippen LogP contribution in [-0.4, -0.2) is 42.2 Å². The van der Waals surface area contributed by atoms with Gasteiger partial charge in [0, 0.05) is 41.0 Å². The molecule has 5 nitrogen and oxygen atoms in total. The van der Waals surface area contributed by atoms with E-state index < -0.39 is 0 Å². The van der Waals surface area contributed by atoms with Gasteiger partial charge in [0.05, 0.1) is 13.2 Å². The number of benzene rings is 1. The number of carbonyl (C=O) groups excluding carboxylic acids is 1. The summed E-state index contributed by atoms with van der Waals surface area (Å²) in [6, 6.07) is 6.74. The molecular formula is C17H17FIN3O2. The standard InChI is InChI=1S/C17H17FIN3O2/c18-16-10-14(19)2-1-12(16)9-13-11-20-4-3-15(13)17(23)21-22-5-7-24-8-6-22/h1-4,10-11H,5-9H2,(H,21,23). The van der Waals surface area contributed by atoms with Crippen LogP contribution in [0.1, 0.15) is 21.5 Å². The van der Waals surface area contributed by atoms with Crippen molar-refractivity contribution in [3.8, 4) is 0 Å². The number of rotatable bonds is 4. The van der Waals surface area contributed by atoms with Gasteiger partial charge in [-0.1, -0.05) is 6.07 Å². The van der Waals surface area contributed by atoms with Crippen LogP contribution in [0, 0.1) is 9.39 Å². The molecule has 0 atom stereocenters. The Kier molecular flexibility index (Phi) is 5.75. The van der Waals surface area contributed by atoms with Gasteiger partial charge in [-0.2, -0.15) is 0 Å². The second kappa shape index (κ2) is 8.00. The highest BCUT2D eigenvalue weighted by Crippen LogP contribution is 2.18. The van der Waals surface area contributed by atoms with Crippen LogP contribution in [0.3, 0.4) is 0 Å². The fourth-order valence-corrected chi connectivity index (χ4v) is 2.99. The topological polar surface area (TPSA) is 54.5 Å². The van der Waals surface area contributed by atoms with Gasteiger partial charge in [-0.15, -0.1) is 0 Å². The van der Waals surface area contributed by atoms with Crippen molar-refractivity contribution in [1.29, 1.82) is 0 Å². The Morgan fingerprint density at radius 1 is 1.29 bits per heavy atom. The molecule has 1 fully saturated rings. The van der Waals surface area contributed by atoms with Crippen LogP contribution in [0.25, 0.3) is 0 Å². The van der Waals surface area contributed by atoms with E-state index in [0.717, 1.165) is 3.57 Å². The second-order valence-corrected chi connectivity index (χ2v) is 6.73. The first-order chi connectivity index (χ1) is 11.6. The molecule has 24 heavy (non-hydrogen) atoms. The lowest BCUT2D eigenvalue weighted by atomic mass is 10.0. The van der Waals surface area contributed by atoms with E-state index in [2.05, 4.69) is 33.0 Å². The van der Waals surface area contributed by atoms with Crippen molar-refractivity contribution < 1.29 is 13.9 Å². The molecule has 1 N–H and O–H groups in total. The summed E-state index contributed by atoms with van der Waals surface area (Å²) in [7, 11) is 0. The molecule has 0 aliphatic carbocycles. The van der Waals surface area contributed by atoms with Crippen LogP contribution < -0.4 is 5.43 Å². The Morgan fingerprint density at radius 3 is 2.83 bits per heavy atom. The average molecular weight is 441 g/mol. The predicted molar refractivity (Wildman–Crippen MR) is 96.0 cm³/mol. The Hall–Kier alpha value is -1.58. The van der Waals surface area contributed by atoms with E-state index in [0.29, 0.717) is 49.4 Å². The van der Waals surface area contributed by atoms with Gasteiger partial charge in [0.15, 0.2) is 0 Å². The fraction of sp³-hybridized carbons (Fsp3) is 0.294. The van der Waals surface area contributed by atoms with Gasteiger partial charge in [0.25, 0.3) is 5.91 Å². The number of ether oxygens (including phenoxy) is 1. The van der Waals surface area contributed by atoms with E-state index >= 15 is 0 Å². The number of carbonyl (C=O) groups is 1. The zero-order chi connectivity index (χ0) is 16.9. The number of halogens is 2. The lowest BCUT2D eigenvalue weighted by Gasteiger charge is -2.27. The minimum atomic E-state index is -0.273. The van der Waals surface area contributed by atoms with Crippen molar-refractivity contribution >= 4 is 28.5 Å². The lowest BCUT2D eigenvalue weighted by Crippen LogP contribution is -2.48. The maximum Gasteiger partial charge on any atom is 0.265 e. The van der Waals surface area contributed by atoms with Gasteiger partial charge < -0.3 is 4.74 Å². The van der Waals surface area contributed by atoms with E-state index in [1.54, 1.807) is 24.5 Å². The van der Waals surface area contributed by atoms with E-state index in [9.17, 15) is 9.18 Å². The third-order valence-electron chi connectivity index (χ3n) is 3.81. The molecule has 1 aliphatic heterocycles. The Morgan fingerprint density at radius 2 is 2.08 bits per heavy atom. The fourth-order valence-electron chi connectivity index (χ4n) is 2.54. The Bertz CT molecular complexity index is 736. The molecular weight excluding hydrogens is 424 g/mol. The zero-order valence-electron chi connectivity index (χ0n) is 13.0. The minimum absolute atomic E-state index is 0.208. The summed E-state index contributed by atoms with van der Waals surface area (Å²) in [5.41, 5.74) is 4.63. The molecule has 126 valence electrons. The second-order valence-electron chi connectivity index (χ2n) is 5.49. The molecule has 1 amide bonds. The van der Waals surface area contributed by atoms with Crippen molar-refractivity contribution in [2.24, 2.45) is 0 Å². The van der Waals surface area contributed by atoms with Crippen LogP contribution in [0.4, 0.5) is 4.39 Å². The highest BCUT2D eigenvalue weighted by Gasteiger charge is 2.17. The van der Waals surface area contributed by atoms with Crippen molar-refractivity contribution in [2.75, 3.05) is 26.3 Å². The third-order valence-corrected chi connectivity index (χ3v) is 4.49. The summed E-state index contributed by atoms with van der Waals surface area (Å²) < 4.78 is 20.2. The van der Waals surface area contributed by atoms with Crippen LogP contribution in [0.15, 0.2) is 36.7 Å². The number of amides is 1. The highest BCUT2D eigenvalue weighted by molar-refractivity contribution is 14.1. The van der Waals surface area contributed by atoms with Crippen LogP contribution >= 0.6 is 22.6 Å². The lowest BCUT2D eigenvalue weighted by molar-refractivity contribution is 0.0126. The largest absolute Gasteiger partial charge is 0.379 e. The molecule has 1 aromatic heterocycles. The highest BCUT2D eigenvalue weighted by atomic mass is 127. The predicted octanol–water partition coefficient (Wildman–Crippen LogP) is 2.39. The smallest absolute Gasteiger partial charge is 0.265 e. The van der Waals surface area contributed by atoms with Crippen LogP contribution in [-0.2, 0) is 11.2 Å². The number of hydrogen-bond acceptors (Lipinski definition) is 4. The van der Waals surface area contributed by atoms with Crippen molar-refractivity contribution in [2.45, 2.75) is 6.42 Å². The normalized spacial score (nSPS) is 15.2. The number of hydrogen-bond donors (Lipinski definition) is 1. The van der Waals surface area contributed by atoms with Crippen molar-refractivity contribution in [1.82, 2.24) is 15.4 Å². The molecule has 0 saturated carbocycles. The van der Waals surface area contributed by atoms with Gasteiger partial charge in [0.1, 0.15) is 5.82 Å².